The number of hydrogen-bond acceptors (Lipinski definition) is 0. The second kappa shape index (κ2) is 3.58. The minimum absolute atomic E-state index is 0.366. The molecule has 0 saturated heterocycles. The monoisotopic (exact) mass is 189 g/mol. The van der Waals surface area contributed by atoms with Gasteiger partial charge in [0.2, 0.25) is 0 Å². The van der Waals surface area contributed by atoms with E-state index in [1.54, 1.807) is 18.2 Å². The molecular weight excluding hydrogens is 182 g/mol. The predicted octanol–water partition coefficient (Wildman–Crippen LogP) is 3.43. The van der Waals surface area contributed by atoms with E-state index in [2.05, 4.69) is 6.07 Å². The van der Waals surface area contributed by atoms with Crippen LogP contribution < -0.4 is 0 Å². The highest BCUT2D eigenvalue weighted by Gasteiger charge is 2.04. The zero-order valence-electron chi connectivity index (χ0n) is 7.30. The summed E-state index contributed by atoms with van der Waals surface area (Å²) >= 11 is 0. The maximum atomic E-state index is 13.3. The summed E-state index contributed by atoms with van der Waals surface area (Å²) in [5.74, 6) is -0.753. The first-order chi connectivity index (χ1) is 6.77. The van der Waals surface area contributed by atoms with Crippen LogP contribution in [0.3, 0.4) is 0 Å². The third kappa shape index (κ3) is 1.64. The fourth-order valence-electron chi connectivity index (χ4n) is 1.27. The van der Waals surface area contributed by atoms with Crippen molar-refractivity contribution in [2.24, 2.45) is 0 Å². The molecule has 2 rings (SSSR count). The number of hydrogen-bond donors (Lipinski definition) is 0. The Morgan fingerprint density at radius 1 is 1.00 bits per heavy atom. The fourth-order valence-corrected chi connectivity index (χ4v) is 1.27. The summed E-state index contributed by atoms with van der Waals surface area (Å²) in [6, 6.07) is 13.0. The quantitative estimate of drug-likeness (QED) is 0.644. The average molecular weight is 189 g/mol. The van der Waals surface area contributed by atoms with Crippen molar-refractivity contribution in [3.8, 4) is 11.1 Å². The van der Waals surface area contributed by atoms with Gasteiger partial charge in [-0.2, -0.15) is 0 Å². The smallest absolute Gasteiger partial charge is 0.131 e. The van der Waals surface area contributed by atoms with Crippen molar-refractivity contribution in [2.45, 2.75) is 0 Å². The normalized spacial score (nSPS) is 10.1. The van der Waals surface area contributed by atoms with Gasteiger partial charge in [0, 0.05) is 5.56 Å². The highest BCUT2D eigenvalue weighted by molar-refractivity contribution is 5.63. The molecule has 2 aromatic rings. The number of benzene rings is 2. The Bertz CT molecular complexity index is 450. The lowest BCUT2D eigenvalue weighted by atomic mass is 10.1. The van der Waals surface area contributed by atoms with Gasteiger partial charge in [0.05, 0.1) is 0 Å². The van der Waals surface area contributed by atoms with E-state index in [1.807, 2.05) is 0 Å². The van der Waals surface area contributed by atoms with Crippen molar-refractivity contribution in [2.75, 3.05) is 0 Å². The van der Waals surface area contributed by atoms with Gasteiger partial charge >= 0.3 is 0 Å². The van der Waals surface area contributed by atoms with E-state index >= 15 is 0 Å². The Labute approximate surface area is 80.8 Å². The molecule has 2 aromatic carbocycles. The van der Waals surface area contributed by atoms with Crippen LogP contribution in [0.5, 0.6) is 0 Å². The molecule has 69 valence electrons. The highest BCUT2D eigenvalue weighted by Crippen LogP contribution is 2.22. The molecule has 0 aliphatic heterocycles. The second-order valence-corrected chi connectivity index (χ2v) is 2.90. The summed E-state index contributed by atoms with van der Waals surface area (Å²) in [4.78, 5) is 0. The molecule has 0 aliphatic carbocycles. The Hall–Kier alpha value is -1.70. The average Bonchev–Trinajstić information content (AvgIpc) is 2.18. The molecule has 0 heterocycles. The molecule has 0 amide bonds. The Balaban J connectivity index is 2.55. The maximum absolute atomic E-state index is 13.3. The van der Waals surface area contributed by atoms with Gasteiger partial charge in [0.1, 0.15) is 11.6 Å². The lowest BCUT2D eigenvalue weighted by molar-refractivity contribution is 0.624. The van der Waals surface area contributed by atoms with Crippen LogP contribution in [0.25, 0.3) is 11.1 Å². The van der Waals surface area contributed by atoms with E-state index in [1.165, 1.54) is 24.3 Å². The molecule has 0 aromatic heterocycles. The van der Waals surface area contributed by atoms with Gasteiger partial charge in [-0.15, -0.1) is 0 Å². The molecular formula is C12H7F2. The van der Waals surface area contributed by atoms with E-state index < -0.39 is 0 Å². The maximum Gasteiger partial charge on any atom is 0.131 e. The van der Waals surface area contributed by atoms with Crippen LogP contribution in [-0.2, 0) is 0 Å². The Kier molecular flexibility index (Phi) is 2.27. The van der Waals surface area contributed by atoms with Crippen molar-refractivity contribution < 1.29 is 8.78 Å². The van der Waals surface area contributed by atoms with Crippen LogP contribution in [0.4, 0.5) is 8.78 Å². The molecule has 0 unspecified atom stereocenters. The number of halogens is 2. The van der Waals surface area contributed by atoms with Crippen LogP contribution >= 0.6 is 0 Å². The minimum atomic E-state index is -0.387. The summed E-state index contributed by atoms with van der Waals surface area (Å²) in [6.45, 7) is 0. The SMILES string of the molecule is Fc1cc[c]c(-c2ccccc2F)c1. The predicted molar refractivity (Wildman–Crippen MR) is 50.6 cm³/mol. The van der Waals surface area contributed by atoms with Crippen LogP contribution in [0.15, 0.2) is 42.5 Å². The molecule has 0 aliphatic rings. The molecule has 0 bridgehead atoms. The molecule has 0 atom stereocenters. The van der Waals surface area contributed by atoms with E-state index in [0.717, 1.165) is 0 Å². The molecule has 14 heavy (non-hydrogen) atoms. The standard InChI is InChI=1S/C12H7F2/c13-10-5-3-4-9(8-10)11-6-1-2-7-12(11)14/h1-3,5-8H. The van der Waals surface area contributed by atoms with Gasteiger partial charge in [-0.25, -0.2) is 8.78 Å². The van der Waals surface area contributed by atoms with Gasteiger partial charge in [-0.05, 0) is 29.8 Å². The summed E-state index contributed by atoms with van der Waals surface area (Å²) in [7, 11) is 0. The zero-order chi connectivity index (χ0) is 9.97. The van der Waals surface area contributed by atoms with Crippen molar-refractivity contribution in [1.29, 1.82) is 0 Å². The topological polar surface area (TPSA) is 0 Å². The number of rotatable bonds is 1. The Morgan fingerprint density at radius 2 is 1.79 bits per heavy atom. The minimum Gasteiger partial charge on any atom is -0.207 e. The molecule has 0 spiro atoms. The van der Waals surface area contributed by atoms with Crippen LogP contribution in [0, 0.1) is 17.7 Å². The summed E-state index contributed by atoms with van der Waals surface area (Å²) < 4.78 is 26.1. The molecule has 0 fully saturated rings. The van der Waals surface area contributed by atoms with Crippen LogP contribution in [0.2, 0.25) is 0 Å². The lowest BCUT2D eigenvalue weighted by Crippen LogP contribution is -1.84. The molecule has 2 heteroatoms. The highest BCUT2D eigenvalue weighted by atomic mass is 19.1. The van der Waals surface area contributed by atoms with Crippen molar-refractivity contribution in [3.05, 3.63) is 60.2 Å². The third-order valence-corrected chi connectivity index (χ3v) is 1.93. The van der Waals surface area contributed by atoms with Gasteiger partial charge in [-0.1, -0.05) is 24.3 Å². The summed E-state index contributed by atoms with van der Waals surface area (Å²) in [5.41, 5.74) is 0.801. The first-order valence-electron chi connectivity index (χ1n) is 4.19. The van der Waals surface area contributed by atoms with Gasteiger partial charge in [0.25, 0.3) is 0 Å². The summed E-state index contributed by atoms with van der Waals surface area (Å²) in [6.07, 6.45) is 0. The van der Waals surface area contributed by atoms with Gasteiger partial charge < -0.3 is 0 Å². The largest absolute Gasteiger partial charge is 0.207 e. The third-order valence-electron chi connectivity index (χ3n) is 1.93. The first kappa shape index (κ1) is 8.88. The van der Waals surface area contributed by atoms with Gasteiger partial charge in [-0.3, -0.25) is 0 Å². The molecule has 0 nitrogen and oxygen atoms in total. The zero-order valence-corrected chi connectivity index (χ0v) is 7.30. The second-order valence-electron chi connectivity index (χ2n) is 2.90. The molecule has 1 radical (unpaired) electrons. The summed E-state index contributed by atoms with van der Waals surface area (Å²) in [5, 5.41) is 0. The van der Waals surface area contributed by atoms with Crippen LogP contribution in [0.1, 0.15) is 0 Å². The fraction of sp³-hybridized carbons (Fsp3) is 0. The van der Waals surface area contributed by atoms with E-state index in [9.17, 15) is 8.78 Å². The van der Waals surface area contributed by atoms with Gasteiger partial charge in [0.15, 0.2) is 0 Å². The van der Waals surface area contributed by atoms with Crippen molar-refractivity contribution >= 4 is 0 Å². The van der Waals surface area contributed by atoms with Crippen molar-refractivity contribution in [1.82, 2.24) is 0 Å². The van der Waals surface area contributed by atoms with Crippen LogP contribution in [-0.4, -0.2) is 0 Å². The van der Waals surface area contributed by atoms with E-state index in [-0.39, 0.29) is 11.6 Å². The lowest BCUT2D eigenvalue weighted by Gasteiger charge is -2.01. The van der Waals surface area contributed by atoms with E-state index in [0.29, 0.717) is 11.1 Å². The molecule has 0 saturated carbocycles. The Morgan fingerprint density at radius 3 is 2.50 bits per heavy atom. The first-order valence-corrected chi connectivity index (χ1v) is 4.19. The van der Waals surface area contributed by atoms with E-state index in [4.69, 9.17) is 0 Å². The molecule has 0 N–H and O–H groups in total. The van der Waals surface area contributed by atoms with Crippen molar-refractivity contribution in [3.63, 3.8) is 0 Å².